The maximum absolute atomic E-state index is 5.03. The van der Waals surface area contributed by atoms with E-state index in [2.05, 4.69) is 12.1 Å². The summed E-state index contributed by atoms with van der Waals surface area (Å²) >= 11 is 0. The summed E-state index contributed by atoms with van der Waals surface area (Å²) in [4.78, 5) is 0. The molecule has 11 heavy (non-hydrogen) atoms. The van der Waals surface area contributed by atoms with E-state index in [-0.39, 0.29) is 0 Å². The fraction of sp³-hybridized carbons (Fsp3) is 0.222. The van der Waals surface area contributed by atoms with Crippen molar-refractivity contribution in [2.45, 2.75) is 6.42 Å². The Kier molecular flexibility index (Phi) is 1.88. The Morgan fingerprint density at radius 1 is 1.09 bits per heavy atom. The van der Waals surface area contributed by atoms with Gasteiger partial charge in [0.1, 0.15) is 0 Å². The van der Waals surface area contributed by atoms with E-state index in [1.807, 2.05) is 18.2 Å². The van der Waals surface area contributed by atoms with Gasteiger partial charge in [-0.1, -0.05) is 30.3 Å². The molecule has 1 heterocycles. The van der Waals surface area contributed by atoms with E-state index >= 15 is 0 Å². The van der Waals surface area contributed by atoms with Gasteiger partial charge in [0.2, 0.25) is 6.29 Å². The lowest BCUT2D eigenvalue weighted by Gasteiger charge is -2.24. The molecule has 2 heteroatoms. The van der Waals surface area contributed by atoms with Gasteiger partial charge in [-0.2, -0.15) is 0 Å². The van der Waals surface area contributed by atoms with E-state index in [9.17, 15) is 0 Å². The van der Waals surface area contributed by atoms with Crippen LogP contribution in [-0.4, -0.2) is 6.79 Å². The van der Waals surface area contributed by atoms with E-state index in [1.165, 1.54) is 5.56 Å². The quantitative estimate of drug-likeness (QED) is 0.637. The first kappa shape index (κ1) is 6.83. The third-order valence-electron chi connectivity index (χ3n) is 1.63. The summed E-state index contributed by atoms with van der Waals surface area (Å²) < 4.78 is 10.1. The first-order valence-electron chi connectivity index (χ1n) is 3.60. The lowest BCUT2D eigenvalue weighted by Crippen LogP contribution is -2.23. The Labute approximate surface area is 65.7 Å². The second-order valence-electron chi connectivity index (χ2n) is 2.44. The van der Waals surface area contributed by atoms with Crippen LogP contribution in [0.1, 0.15) is 5.56 Å². The van der Waals surface area contributed by atoms with Crippen LogP contribution < -0.4 is 0 Å². The van der Waals surface area contributed by atoms with E-state index in [1.54, 1.807) is 0 Å². The third-order valence-corrected chi connectivity index (χ3v) is 1.63. The van der Waals surface area contributed by atoms with Crippen molar-refractivity contribution in [2.24, 2.45) is 0 Å². The molecule has 0 unspecified atom stereocenters. The summed E-state index contributed by atoms with van der Waals surface area (Å²) in [7, 11) is 0. The van der Waals surface area contributed by atoms with Crippen LogP contribution in [0.25, 0.3) is 0 Å². The molecule has 1 aromatic rings. The van der Waals surface area contributed by atoms with Crippen LogP contribution in [0, 0.1) is 6.29 Å². The maximum atomic E-state index is 5.03. The molecule has 0 spiro atoms. The minimum absolute atomic E-state index is 0.419. The molecule has 0 aromatic heterocycles. The topological polar surface area (TPSA) is 18.5 Å². The number of rotatable bonds is 2. The van der Waals surface area contributed by atoms with Crippen molar-refractivity contribution in [3.63, 3.8) is 0 Å². The van der Waals surface area contributed by atoms with Crippen LogP contribution in [0.15, 0.2) is 30.3 Å². The van der Waals surface area contributed by atoms with Gasteiger partial charge >= 0.3 is 0 Å². The van der Waals surface area contributed by atoms with Gasteiger partial charge in [0.05, 0.1) is 0 Å². The number of hydrogen-bond donors (Lipinski definition) is 0. The highest BCUT2D eigenvalue weighted by Gasteiger charge is 2.20. The van der Waals surface area contributed by atoms with Crippen molar-refractivity contribution in [3.8, 4) is 0 Å². The van der Waals surface area contributed by atoms with E-state index < -0.39 is 0 Å². The van der Waals surface area contributed by atoms with E-state index in [0.29, 0.717) is 6.79 Å². The van der Waals surface area contributed by atoms with Crippen molar-refractivity contribution in [1.29, 1.82) is 0 Å². The zero-order valence-corrected chi connectivity index (χ0v) is 6.12. The number of ether oxygens (including phenoxy) is 2. The Bertz CT molecular complexity index is 216. The molecule has 1 aliphatic rings. The first-order chi connectivity index (χ1) is 5.45. The highest BCUT2D eigenvalue weighted by Crippen LogP contribution is 2.20. The fourth-order valence-corrected chi connectivity index (χ4v) is 1.01. The molecule has 0 atom stereocenters. The molecular weight excluding hydrogens is 140 g/mol. The number of benzene rings is 1. The Morgan fingerprint density at radius 2 is 1.82 bits per heavy atom. The van der Waals surface area contributed by atoms with Crippen LogP contribution in [0.3, 0.4) is 0 Å². The van der Waals surface area contributed by atoms with Gasteiger partial charge in [0.15, 0.2) is 6.79 Å². The highest BCUT2D eigenvalue weighted by molar-refractivity contribution is 5.16. The van der Waals surface area contributed by atoms with Gasteiger partial charge in [-0.05, 0) is 5.56 Å². The first-order valence-corrected chi connectivity index (χ1v) is 3.60. The van der Waals surface area contributed by atoms with Crippen molar-refractivity contribution < 1.29 is 9.47 Å². The summed E-state index contributed by atoms with van der Waals surface area (Å²) in [6.45, 7) is 0.419. The Morgan fingerprint density at radius 3 is 2.36 bits per heavy atom. The van der Waals surface area contributed by atoms with Crippen molar-refractivity contribution in [1.82, 2.24) is 0 Å². The predicted octanol–water partition coefficient (Wildman–Crippen LogP) is 1.72. The normalized spacial score (nSPS) is 17.8. The molecule has 1 saturated heterocycles. The number of hydrogen-bond acceptors (Lipinski definition) is 2. The van der Waals surface area contributed by atoms with Crippen LogP contribution in [0.5, 0.6) is 0 Å². The molecule has 0 bridgehead atoms. The molecule has 57 valence electrons. The SMILES string of the molecule is c1ccc(C[C]2OCO2)cc1. The van der Waals surface area contributed by atoms with Crippen LogP contribution in [0.2, 0.25) is 0 Å². The molecule has 1 aromatic carbocycles. The summed E-state index contributed by atoms with van der Waals surface area (Å²) in [5.41, 5.74) is 1.22. The van der Waals surface area contributed by atoms with E-state index in [0.717, 1.165) is 12.7 Å². The second-order valence-corrected chi connectivity index (χ2v) is 2.44. The molecule has 1 radical (unpaired) electrons. The Hall–Kier alpha value is -0.860. The monoisotopic (exact) mass is 149 g/mol. The molecular formula is C9H9O2. The summed E-state index contributed by atoms with van der Waals surface area (Å²) in [5.74, 6) is 0. The standard InChI is InChI=1S/C9H9O2/c1-2-4-8(5-3-1)6-9-10-7-11-9/h1-5H,6-7H2. The van der Waals surface area contributed by atoms with Crippen LogP contribution in [0.4, 0.5) is 0 Å². The maximum Gasteiger partial charge on any atom is 0.232 e. The average molecular weight is 149 g/mol. The summed E-state index contributed by atoms with van der Waals surface area (Å²) in [6.07, 6.45) is 1.51. The molecule has 0 saturated carbocycles. The predicted molar refractivity (Wildman–Crippen MR) is 40.4 cm³/mol. The fourth-order valence-electron chi connectivity index (χ4n) is 1.01. The second kappa shape index (κ2) is 3.03. The van der Waals surface area contributed by atoms with E-state index in [4.69, 9.17) is 9.47 Å². The van der Waals surface area contributed by atoms with Gasteiger partial charge in [-0.15, -0.1) is 0 Å². The molecule has 1 fully saturated rings. The highest BCUT2D eigenvalue weighted by atomic mass is 16.8. The van der Waals surface area contributed by atoms with Gasteiger partial charge in [0.25, 0.3) is 0 Å². The molecule has 0 N–H and O–H groups in total. The molecule has 0 aliphatic carbocycles. The largest absolute Gasteiger partial charge is 0.318 e. The smallest absolute Gasteiger partial charge is 0.232 e. The lowest BCUT2D eigenvalue weighted by atomic mass is 10.1. The van der Waals surface area contributed by atoms with Crippen molar-refractivity contribution in [3.05, 3.63) is 42.2 Å². The summed E-state index contributed by atoms with van der Waals surface area (Å²) in [6, 6.07) is 10.1. The zero-order chi connectivity index (χ0) is 7.52. The average Bonchev–Trinajstić information content (AvgIpc) is 1.99. The van der Waals surface area contributed by atoms with Gasteiger partial charge in [-0.25, -0.2) is 0 Å². The minimum Gasteiger partial charge on any atom is -0.318 e. The molecule has 1 aliphatic heterocycles. The third kappa shape index (κ3) is 1.59. The van der Waals surface area contributed by atoms with Gasteiger partial charge < -0.3 is 9.47 Å². The van der Waals surface area contributed by atoms with Crippen LogP contribution in [-0.2, 0) is 15.9 Å². The Balaban J connectivity index is 1.95. The van der Waals surface area contributed by atoms with Crippen LogP contribution >= 0.6 is 0 Å². The lowest BCUT2D eigenvalue weighted by molar-refractivity contribution is -0.235. The molecule has 2 nitrogen and oxygen atoms in total. The zero-order valence-electron chi connectivity index (χ0n) is 6.12. The van der Waals surface area contributed by atoms with Gasteiger partial charge in [-0.3, -0.25) is 0 Å². The summed E-state index contributed by atoms with van der Waals surface area (Å²) in [5, 5.41) is 0. The van der Waals surface area contributed by atoms with Crippen molar-refractivity contribution in [2.75, 3.05) is 6.79 Å². The van der Waals surface area contributed by atoms with Crippen molar-refractivity contribution >= 4 is 0 Å². The molecule has 0 amide bonds. The molecule has 2 rings (SSSR count). The minimum atomic E-state index is 0.419. The van der Waals surface area contributed by atoms with Gasteiger partial charge in [0, 0.05) is 6.42 Å².